The Kier molecular flexibility index (Phi) is 8.03. The molecular weight excluding hydrogens is 553 g/mol. The second kappa shape index (κ2) is 10.6. The van der Waals surface area contributed by atoms with Crippen molar-refractivity contribution in [1.82, 2.24) is 4.57 Å². The standard InChI is InChI=1S/C27H30Cl3N3O3S/c1-5-31-23-16-20(29)21(30)17-24(23)32(6-2)26(31)10-7-9-25-27(3,4)19-15-18(28)11-12-22(19)33(25)13-8-14-37(34,35)36/h7,9-12,15-17H,5-6,8,13-14H2,1-4H3. The van der Waals surface area contributed by atoms with Gasteiger partial charge >= 0.3 is 0 Å². The number of fused-ring (bicyclic) bond motifs is 2. The van der Waals surface area contributed by atoms with E-state index in [2.05, 4.69) is 53.9 Å². The van der Waals surface area contributed by atoms with Gasteiger partial charge in [-0.15, -0.1) is 0 Å². The van der Waals surface area contributed by atoms with Crippen molar-refractivity contribution in [3.8, 4) is 0 Å². The van der Waals surface area contributed by atoms with E-state index in [0.717, 1.165) is 46.9 Å². The topological polar surface area (TPSA) is 69.2 Å². The van der Waals surface area contributed by atoms with Crippen LogP contribution in [0.3, 0.4) is 0 Å². The van der Waals surface area contributed by atoms with Crippen LogP contribution in [-0.4, -0.2) is 29.8 Å². The molecule has 0 radical (unpaired) electrons. The Labute approximate surface area is 233 Å². The fourth-order valence-electron chi connectivity index (χ4n) is 5.21. The van der Waals surface area contributed by atoms with Crippen LogP contribution in [0.25, 0.3) is 17.1 Å². The van der Waals surface area contributed by atoms with Crippen molar-refractivity contribution in [1.29, 1.82) is 0 Å². The smallest absolute Gasteiger partial charge is 0.282 e. The number of hydrogen-bond acceptors (Lipinski definition) is 4. The third-order valence-corrected chi connectivity index (χ3v) is 8.66. The van der Waals surface area contributed by atoms with Crippen LogP contribution in [0.1, 0.15) is 45.5 Å². The van der Waals surface area contributed by atoms with E-state index in [1.807, 2.05) is 36.4 Å². The lowest BCUT2D eigenvalue weighted by atomic mass is 9.83. The molecule has 6 nitrogen and oxygen atoms in total. The minimum absolute atomic E-state index is 0.229. The summed E-state index contributed by atoms with van der Waals surface area (Å²) in [6.07, 6.45) is 6.36. The quantitative estimate of drug-likeness (QED) is 0.223. The third-order valence-electron chi connectivity index (χ3n) is 6.91. The van der Waals surface area contributed by atoms with E-state index in [1.165, 1.54) is 0 Å². The molecule has 0 saturated heterocycles. The van der Waals surface area contributed by atoms with Gasteiger partial charge in [-0.3, -0.25) is 0 Å². The van der Waals surface area contributed by atoms with Gasteiger partial charge in [0, 0.05) is 52.3 Å². The lowest BCUT2D eigenvalue weighted by Gasteiger charge is -2.27. The maximum Gasteiger partial charge on any atom is 0.282 e. The number of anilines is 1. The zero-order valence-electron chi connectivity index (χ0n) is 21.3. The van der Waals surface area contributed by atoms with Crippen LogP contribution in [0.2, 0.25) is 15.1 Å². The van der Waals surface area contributed by atoms with Crippen molar-refractivity contribution in [2.45, 2.75) is 52.6 Å². The number of aromatic nitrogens is 2. The van der Waals surface area contributed by atoms with Gasteiger partial charge in [0.2, 0.25) is 0 Å². The summed E-state index contributed by atoms with van der Waals surface area (Å²) in [6, 6.07) is 9.52. The molecule has 198 valence electrons. The normalized spacial score (nSPS) is 16.4. The number of halogens is 3. The number of imidazole rings is 1. The van der Waals surface area contributed by atoms with Gasteiger partial charge in [0.05, 0.1) is 33.3 Å². The summed E-state index contributed by atoms with van der Waals surface area (Å²) in [4.78, 5) is 2.09. The number of aryl methyl sites for hydroxylation is 2. The molecule has 1 aliphatic rings. The summed E-state index contributed by atoms with van der Waals surface area (Å²) >= 11 is 19.0. The molecule has 37 heavy (non-hydrogen) atoms. The molecule has 0 N–H and O–H groups in total. The predicted molar refractivity (Wildman–Crippen MR) is 152 cm³/mol. The Hall–Kier alpha value is -2.03. The van der Waals surface area contributed by atoms with E-state index >= 15 is 0 Å². The summed E-state index contributed by atoms with van der Waals surface area (Å²) in [5, 5.41) is 1.67. The molecular formula is C27H30Cl3N3O3S. The summed E-state index contributed by atoms with van der Waals surface area (Å²) in [5.41, 5.74) is 4.66. The van der Waals surface area contributed by atoms with Gasteiger partial charge in [-0.1, -0.05) is 54.7 Å². The second-order valence-corrected chi connectivity index (χ2v) is 12.3. The first-order valence-electron chi connectivity index (χ1n) is 12.2. The van der Waals surface area contributed by atoms with E-state index in [4.69, 9.17) is 34.8 Å². The summed E-state index contributed by atoms with van der Waals surface area (Å²) in [7, 11) is -4.29. The van der Waals surface area contributed by atoms with Gasteiger partial charge in [0.25, 0.3) is 5.82 Å². The Bertz CT molecular complexity index is 1480. The van der Waals surface area contributed by atoms with Crippen LogP contribution in [0, 0.1) is 0 Å². The highest BCUT2D eigenvalue weighted by Crippen LogP contribution is 2.48. The number of benzene rings is 2. The van der Waals surface area contributed by atoms with Gasteiger partial charge < -0.3 is 9.45 Å². The van der Waals surface area contributed by atoms with Crippen molar-refractivity contribution in [3.63, 3.8) is 0 Å². The van der Waals surface area contributed by atoms with E-state index in [-0.39, 0.29) is 11.8 Å². The summed E-state index contributed by atoms with van der Waals surface area (Å²) < 4.78 is 38.1. The molecule has 1 aliphatic heterocycles. The van der Waals surface area contributed by atoms with Crippen molar-refractivity contribution in [2.75, 3.05) is 17.2 Å². The molecule has 0 aliphatic carbocycles. The fraction of sp³-hybridized carbons (Fsp3) is 0.370. The molecule has 2 heterocycles. The molecule has 0 saturated carbocycles. The number of hydrogen-bond donors (Lipinski definition) is 0. The first-order valence-corrected chi connectivity index (χ1v) is 14.9. The highest BCUT2D eigenvalue weighted by atomic mass is 35.5. The minimum Gasteiger partial charge on any atom is -0.748 e. The minimum atomic E-state index is -4.29. The molecule has 10 heteroatoms. The average molecular weight is 583 g/mol. The largest absolute Gasteiger partial charge is 0.748 e. The summed E-state index contributed by atoms with van der Waals surface area (Å²) in [6.45, 7) is 10.3. The van der Waals surface area contributed by atoms with Crippen LogP contribution in [0.15, 0.2) is 48.2 Å². The number of rotatable bonds is 8. The maximum atomic E-state index is 11.2. The van der Waals surface area contributed by atoms with Crippen LogP contribution >= 0.6 is 34.8 Å². The molecule has 2 aromatic carbocycles. The van der Waals surface area contributed by atoms with Gasteiger partial charge in [0.1, 0.15) is 0 Å². The lowest BCUT2D eigenvalue weighted by Crippen LogP contribution is -2.35. The van der Waals surface area contributed by atoms with Gasteiger partial charge in [-0.25, -0.2) is 17.6 Å². The average Bonchev–Trinajstić information content (AvgIpc) is 3.21. The highest BCUT2D eigenvalue weighted by Gasteiger charge is 2.39. The number of nitrogens with zero attached hydrogens (tertiary/aromatic N) is 3. The monoisotopic (exact) mass is 581 g/mol. The zero-order valence-corrected chi connectivity index (χ0v) is 24.3. The molecule has 0 spiro atoms. The van der Waals surface area contributed by atoms with E-state index in [9.17, 15) is 13.0 Å². The van der Waals surface area contributed by atoms with Crippen molar-refractivity contribution >= 4 is 67.7 Å². The Morgan fingerprint density at radius 1 is 1.08 bits per heavy atom. The fourth-order valence-corrected chi connectivity index (χ4v) is 6.18. The molecule has 0 bridgehead atoms. The third kappa shape index (κ3) is 5.43. The first kappa shape index (κ1) is 28.0. The van der Waals surface area contributed by atoms with Crippen LogP contribution < -0.4 is 9.47 Å². The summed E-state index contributed by atoms with van der Waals surface area (Å²) in [5.74, 6) is 0.601. The molecule has 1 aromatic heterocycles. The molecule has 0 unspecified atom stereocenters. The van der Waals surface area contributed by atoms with E-state index in [1.54, 1.807) is 0 Å². The Morgan fingerprint density at radius 2 is 1.78 bits per heavy atom. The first-order chi connectivity index (χ1) is 17.4. The Balaban J connectivity index is 1.78. The van der Waals surface area contributed by atoms with E-state index < -0.39 is 15.9 Å². The maximum absolute atomic E-state index is 11.2. The molecule has 0 fully saturated rings. The predicted octanol–water partition coefficient (Wildman–Crippen LogP) is 6.56. The second-order valence-electron chi connectivity index (χ2n) is 9.57. The van der Waals surface area contributed by atoms with Crippen molar-refractivity contribution in [3.05, 3.63) is 74.6 Å². The molecule has 0 atom stereocenters. The number of allylic oxidation sites excluding steroid dienone is 3. The van der Waals surface area contributed by atoms with Crippen molar-refractivity contribution in [2.24, 2.45) is 0 Å². The van der Waals surface area contributed by atoms with Crippen LogP contribution in [0.4, 0.5) is 5.69 Å². The van der Waals surface area contributed by atoms with Gasteiger partial charge in [-0.05, 0) is 50.1 Å². The molecule has 3 aromatic rings. The zero-order chi connectivity index (χ0) is 27.1. The van der Waals surface area contributed by atoms with Gasteiger partial charge in [0.15, 0.2) is 11.0 Å². The molecule has 0 amide bonds. The Morgan fingerprint density at radius 3 is 2.43 bits per heavy atom. The lowest BCUT2D eigenvalue weighted by molar-refractivity contribution is -0.670. The van der Waals surface area contributed by atoms with Crippen LogP contribution in [-0.2, 0) is 28.6 Å². The van der Waals surface area contributed by atoms with E-state index in [0.29, 0.717) is 21.6 Å². The van der Waals surface area contributed by atoms with Gasteiger partial charge in [-0.2, -0.15) is 0 Å². The van der Waals surface area contributed by atoms with Crippen LogP contribution in [0.5, 0.6) is 0 Å². The van der Waals surface area contributed by atoms with Crippen molar-refractivity contribution < 1.29 is 17.5 Å². The SMILES string of the molecule is CCn1c(/C=C/C=C2/N(CCCS(=O)(=O)[O-])c3ccc(Cl)cc3C2(C)C)[n+](CC)c2cc(Cl)c(Cl)cc21. The highest BCUT2D eigenvalue weighted by molar-refractivity contribution is 7.85. The molecule has 4 rings (SSSR count).